The molecule has 1 aromatic rings. The van der Waals surface area contributed by atoms with Gasteiger partial charge >= 0.3 is 0 Å². The highest BCUT2D eigenvalue weighted by Crippen LogP contribution is 2.25. The molecular weight excluding hydrogens is 330 g/mol. The van der Waals surface area contributed by atoms with E-state index >= 15 is 0 Å². The molecule has 1 fully saturated rings. The number of piperazine rings is 1. The van der Waals surface area contributed by atoms with Crippen LogP contribution < -0.4 is 10.6 Å². The van der Waals surface area contributed by atoms with Crippen molar-refractivity contribution in [3.05, 3.63) is 20.8 Å². The molecule has 0 radical (unpaired) electrons. The zero-order chi connectivity index (χ0) is 13.8. The van der Waals surface area contributed by atoms with Gasteiger partial charge in [0.15, 0.2) is 0 Å². The van der Waals surface area contributed by atoms with E-state index in [1.807, 2.05) is 18.4 Å². The summed E-state index contributed by atoms with van der Waals surface area (Å²) in [5, 5.41) is 7.80. The molecule has 1 aliphatic heterocycles. The summed E-state index contributed by atoms with van der Waals surface area (Å²) in [4.78, 5) is 26.8. The maximum Gasteiger partial charge on any atom is 0.265 e. The minimum Gasteiger partial charge on any atom is -0.355 e. The lowest BCUT2D eigenvalue weighted by atomic mass is 10.1. The van der Waals surface area contributed by atoms with Crippen molar-refractivity contribution < 1.29 is 9.59 Å². The summed E-state index contributed by atoms with van der Waals surface area (Å²) in [5.74, 6) is -0.185. The van der Waals surface area contributed by atoms with Crippen molar-refractivity contribution in [1.29, 1.82) is 0 Å². The Balaban J connectivity index is 2.18. The van der Waals surface area contributed by atoms with Crippen molar-refractivity contribution in [3.63, 3.8) is 0 Å². The van der Waals surface area contributed by atoms with Gasteiger partial charge in [0.1, 0.15) is 10.9 Å². The molecular formula is C12H16BrN3O2S. The van der Waals surface area contributed by atoms with Gasteiger partial charge in [-0.05, 0) is 34.3 Å². The summed E-state index contributed by atoms with van der Waals surface area (Å²) >= 11 is 4.76. The average Bonchev–Trinajstić information content (AvgIpc) is 2.84. The molecule has 1 aliphatic rings. The van der Waals surface area contributed by atoms with Crippen LogP contribution in [0.15, 0.2) is 15.9 Å². The Hall–Kier alpha value is -0.920. The number of nitrogens with one attached hydrogen (secondary N) is 2. The number of rotatable bonds is 3. The topological polar surface area (TPSA) is 61.4 Å². The minimum absolute atomic E-state index is 0.0837. The third-order valence-corrected chi connectivity index (χ3v) is 4.80. The lowest BCUT2D eigenvalue weighted by molar-refractivity contribution is -0.126. The van der Waals surface area contributed by atoms with Crippen LogP contribution in [-0.4, -0.2) is 48.9 Å². The van der Waals surface area contributed by atoms with Crippen molar-refractivity contribution in [1.82, 2.24) is 15.5 Å². The van der Waals surface area contributed by atoms with Gasteiger partial charge in [0, 0.05) is 30.7 Å². The summed E-state index contributed by atoms with van der Waals surface area (Å²) in [6.07, 6.45) is 0. The fraction of sp³-hybridized carbons (Fsp3) is 0.500. The van der Waals surface area contributed by atoms with Crippen molar-refractivity contribution in [3.8, 4) is 0 Å². The molecule has 2 rings (SSSR count). The van der Waals surface area contributed by atoms with Crippen LogP contribution in [0.25, 0.3) is 0 Å². The van der Waals surface area contributed by atoms with E-state index in [0.29, 0.717) is 31.1 Å². The maximum absolute atomic E-state index is 12.5. The zero-order valence-electron chi connectivity index (χ0n) is 10.6. The van der Waals surface area contributed by atoms with E-state index in [1.54, 1.807) is 4.90 Å². The second-order valence-electron chi connectivity index (χ2n) is 4.21. The summed E-state index contributed by atoms with van der Waals surface area (Å²) in [6, 6.07) is 1.41. The molecule has 1 saturated heterocycles. The van der Waals surface area contributed by atoms with Crippen LogP contribution in [0, 0.1) is 0 Å². The van der Waals surface area contributed by atoms with Gasteiger partial charge in [-0.3, -0.25) is 9.59 Å². The van der Waals surface area contributed by atoms with Crippen LogP contribution in [0.5, 0.6) is 0 Å². The van der Waals surface area contributed by atoms with Gasteiger partial charge in [-0.1, -0.05) is 0 Å². The predicted molar refractivity (Wildman–Crippen MR) is 78.4 cm³/mol. The first-order valence-electron chi connectivity index (χ1n) is 6.17. The van der Waals surface area contributed by atoms with Crippen LogP contribution in [-0.2, 0) is 4.79 Å². The van der Waals surface area contributed by atoms with Gasteiger partial charge < -0.3 is 15.5 Å². The fourth-order valence-electron chi connectivity index (χ4n) is 2.05. The Bertz CT molecular complexity index is 477. The molecule has 2 N–H and O–H groups in total. The molecule has 0 aliphatic carbocycles. The number of hydrogen-bond acceptors (Lipinski definition) is 4. The Morgan fingerprint density at radius 1 is 1.63 bits per heavy atom. The van der Waals surface area contributed by atoms with Gasteiger partial charge in [-0.2, -0.15) is 0 Å². The maximum atomic E-state index is 12.5. The number of thiophene rings is 1. The van der Waals surface area contributed by atoms with Gasteiger partial charge in [-0.25, -0.2) is 0 Å². The summed E-state index contributed by atoms with van der Waals surface area (Å²) in [7, 11) is 0. The van der Waals surface area contributed by atoms with Crippen molar-refractivity contribution in [2.45, 2.75) is 13.0 Å². The Morgan fingerprint density at radius 3 is 3.05 bits per heavy atom. The van der Waals surface area contributed by atoms with Gasteiger partial charge in [0.05, 0.1) is 0 Å². The molecule has 0 saturated carbocycles. The Labute approximate surface area is 124 Å². The highest BCUT2D eigenvalue weighted by Gasteiger charge is 2.33. The molecule has 2 heterocycles. The van der Waals surface area contributed by atoms with Crippen LogP contribution in [0.4, 0.5) is 0 Å². The average molecular weight is 346 g/mol. The van der Waals surface area contributed by atoms with Crippen molar-refractivity contribution in [2.75, 3.05) is 26.2 Å². The van der Waals surface area contributed by atoms with Gasteiger partial charge in [-0.15, -0.1) is 11.3 Å². The minimum atomic E-state index is -0.435. The highest BCUT2D eigenvalue weighted by atomic mass is 79.9. The zero-order valence-corrected chi connectivity index (χ0v) is 13.0. The van der Waals surface area contributed by atoms with E-state index in [1.165, 1.54) is 11.3 Å². The predicted octanol–water partition coefficient (Wildman–Crippen LogP) is 1.06. The number of amides is 2. The number of likely N-dealkylation sites (N-methyl/N-ethyl adjacent to an activating group) is 1. The van der Waals surface area contributed by atoms with Gasteiger partial charge in [0.2, 0.25) is 5.91 Å². The first-order chi connectivity index (χ1) is 9.15. The van der Waals surface area contributed by atoms with E-state index in [0.717, 1.165) is 4.47 Å². The molecule has 2 amide bonds. The third kappa shape index (κ3) is 3.16. The molecule has 0 spiro atoms. The first kappa shape index (κ1) is 14.5. The molecule has 1 aromatic heterocycles. The molecule has 0 bridgehead atoms. The molecule has 7 heteroatoms. The van der Waals surface area contributed by atoms with E-state index in [2.05, 4.69) is 26.6 Å². The second kappa shape index (κ2) is 6.49. The lowest BCUT2D eigenvalue weighted by Crippen LogP contribution is -2.59. The number of halogens is 1. The van der Waals surface area contributed by atoms with Crippen molar-refractivity contribution >= 4 is 39.1 Å². The standard InChI is InChI=1S/C12H16BrN3O2S/c1-2-15-11(17)9-7-14-4-5-16(9)12(18)10-8(13)3-6-19-10/h3,6,9,14H,2,4-5,7H2,1H3,(H,15,17). The summed E-state index contributed by atoms with van der Waals surface area (Å²) < 4.78 is 0.788. The van der Waals surface area contributed by atoms with E-state index in [9.17, 15) is 9.59 Å². The monoisotopic (exact) mass is 345 g/mol. The van der Waals surface area contributed by atoms with E-state index in [-0.39, 0.29) is 11.8 Å². The molecule has 0 aromatic carbocycles. The summed E-state index contributed by atoms with van der Waals surface area (Å²) in [6.45, 7) is 4.20. The number of nitrogens with zero attached hydrogens (tertiary/aromatic N) is 1. The first-order valence-corrected chi connectivity index (χ1v) is 7.84. The van der Waals surface area contributed by atoms with E-state index in [4.69, 9.17) is 0 Å². The normalized spacial score (nSPS) is 19.3. The molecule has 104 valence electrons. The smallest absolute Gasteiger partial charge is 0.265 e. The lowest BCUT2D eigenvalue weighted by Gasteiger charge is -2.34. The molecule has 19 heavy (non-hydrogen) atoms. The third-order valence-electron chi connectivity index (χ3n) is 2.97. The number of carbonyl (C=O) groups excluding carboxylic acids is 2. The summed E-state index contributed by atoms with van der Waals surface area (Å²) in [5.41, 5.74) is 0. The van der Waals surface area contributed by atoms with E-state index < -0.39 is 6.04 Å². The second-order valence-corrected chi connectivity index (χ2v) is 5.98. The fourth-order valence-corrected chi connectivity index (χ4v) is 3.55. The molecule has 1 atom stereocenters. The highest BCUT2D eigenvalue weighted by molar-refractivity contribution is 9.10. The van der Waals surface area contributed by atoms with Crippen LogP contribution in [0.3, 0.4) is 0 Å². The van der Waals surface area contributed by atoms with Crippen LogP contribution in [0.1, 0.15) is 16.6 Å². The quantitative estimate of drug-likeness (QED) is 0.861. The Morgan fingerprint density at radius 2 is 2.42 bits per heavy atom. The number of carbonyl (C=O) groups is 2. The Kier molecular flexibility index (Phi) is 4.95. The van der Waals surface area contributed by atoms with Gasteiger partial charge in [0.25, 0.3) is 5.91 Å². The molecule has 5 nitrogen and oxygen atoms in total. The molecule has 1 unspecified atom stereocenters. The largest absolute Gasteiger partial charge is 0.355 e. The number of hydrogen-bond donors (Lipinski definition) is 2. The van der Waals surface area contributed by atoms with Crippen molar-refractivity contribution in [2.24, 2.45) is 0 Å². The van der Waals surface area contributed by atoms with Crippen LogP contribution in [0.2, 0.25) is 0 Å². The van der Waals surface area contributed by atoms with Crippen LogP contribution >= 0.6 is 27.3 Å². The SMILES string of the molecule is CCNC(=O)C1CNCCN1C(=O)c1sccc1Br.